The highest BCUT2D eigenvalue weighted by Gasteiger charge is 2.39. The number of fused-ring (bicyclic) bond motifs is 1. The summed E-state index contributed by atoms with van der Waals surface area (Å²) < 4.78 is 39.6. The molecule has 3 aromatic rings. The molecule has 0 saturated carbocycles. The Morgan fingerprint density at radius 3 is 2.54 bits per heavy atom. The predicted octanol–water partition coefficient (Wildman–Crippen LogP) is 6.35. The number of piperidine rings is 1. The number of hydrogen-bond acceptors (Lipinski definition) is 4. The molecule has 0 aliphatic carbocycles. The minimum Gasteiger partial charge on any atom is -0.444 e. The summed E-state index contributed by atoms with van der Waals surface area (Å²) in [5.74, 6) is -0.335. The number of carbonyl (C=O) groups excluding carboxylic acids is 1. The molecule has 1 fully saturated rings. The summed E-state index contributed by atoms with van der Waals surface area (Å²) in [7, 11) is 0. The van der Waals surface area contributed by atoms with Gasteiger partial charge in [-0.3, -0.25) is 5.10 Å². The van der Waals surface area contributed by atoms with Gasteiger partial charge in [-0.15, -0.1) is 0 Å². The molecule has 0 radical (unpaired) electrons. The number of hydrogen-bond donors (Lipinski definition) is 1. The van der Waals surface area contributed by atoms with Crippen molar-refractivity contribution in [2.45, 2.75) is 50.7 Å². The molecule has 188 valence electrons. The van der Waals surface area contributed by atoms with Crippen LogP contribution in [-0.4, -0.2) is 53.2 Å². The fourth-order valence-corrected chi connectivity index (χ4v) is 4.78. The van der Waals surface area contributed by atoms with E-state index in [1.165, 1.54) is 12.1 Å². The van der Waals surface area contributed by atoms with E-state index < -0.39 is 23.8 Å². The minimum absolute atomic E-state index is 0.192. The molecular formula is C26H30ClF2N3O3. The third-order valence-electron chi connectivity index (χ3n) is 6.42. The Hall–Kier alpha value is -2.71. The number of amides is 1. The zero-order chi connectivity index (χ0) is 25.2. The largest absolute Gasteiger partial charge is 0.444 e. The lowest BCUT2D eigenvalue weighted by Crippen LogP contribution is -2.48. The molecule has 0 unspecified atom stereocenters. The monoisotopic (exact) mass is 505 g/mol. The number of nitrogens with zero attached hydrogens (tertiary/aromatic N) is 2. The normalized spacial score (nSPS) is 16.9. The lowest BCUT2D eigenvalue weighted by atomic mass is 9.73. The predicted molar refractivity (Wildman–Crippen MR) is 131 cm³/mol. The van der Waals surface area contributed by atoms with Gasteiger partial charge in [-0.05, 0) is 63.4 Å². The molecular weight excluding hydrogens is 476 g/mol. The van der Waals surface area contributed by atoms with Gasteiger partial charge in [-0.2, -0.15) is 5.10 Å². The highest BCUT2D eigenvalue weighted by molar-refractivity contribution is 6.31. The number of H-pyrrole nitrogens is 1. The van der Waals surface area contributed by atoms with Crippen LogP contribution in [0.15, 0.2) is 42.6 Å². The summed E-state index contributed by atoms with van der Waals surface area (Å²) in [4.78, 5) is 14.3. The van der Waals surface area contributed by atoms with Gasteiger partial charge in [-0.25, -0.2) is 13.6 Å². The molecule has 1 amide bonds. The average Bonchev–Trinajstić information content (AvgIpc) is 3.27. The van der Waals surface area contributed by atoms with Gasteiger partial charge in [0.25, 0.3) is 0 Å². The van der Waals surface area contributed by atoms with Crippen LogP contribution >= 0.6 is 11.6 Å². The molecule has 1 aliphatic heterocycles. The molecule has 35 heavy (non-hydrogen) atoms. The number of rotatable bonds is 6. The Morgan fingerprint density at radius 2 is 1.91 bits per heavy atom. The quantitative estimate of drug-likeness (QED) is 0.424. The maximum Gasteiger partial charge on any atom is 0.410 e. The van der Waals surface area contributed by atoms with Gasteiger partial charge < -0.3 is 14.4 Å². The number of likely N-dealkylation sites (tertiary alicyclic amines) is 1. The Morgan fingerprint density at radius 1 is 1.23 bits per heavy atom. The molecule has 2 heterocycles. The number of aromatic nitrogens is 2. The highest BCUT2D eigenvalue weighted by Crippen LogP contribution is 2.39. The summed E-state index contributed by atoms with van der Waals surface area (Å²) >= 11 is 6.26. The number of halogens is 3. The van der Waals surface area contributed by atoms with Gasteiger partial charge in [0.15, 0.2) is 0 Å². The van der Waals surface area contributed by atoms with E-state index in [1.807, 2.05) is 20.8 Å². The van der Waals surface area contributed by atoms with E-state index in [0.29, 0.717) is 42.0 Å². The first-order valence-corrected chi connectivity index (χ1v) is 12.0. The highest BCUT2D eigenvalue weighted by atomic mass is 35.5. The van der Waals surface area contributed by atoms with Crippen LogP contribution in [0.3, 0.4) is 0 Å². The van der Waals surface area contributed by atoms with Crippen molar-refractivity contribution in [2.75, 3.05) is 26.4 Å². The van der Waals surface area contributed by atoms with Crippen molar-refractivity contribution >= 4 is 28.6 Å². The molecule has 6 nitrogen and oxygen atoms in total. The fraction of sp³-hybridized carbons (Fsp3) is 0.462. The molecule has 1 saturated heterocycles. The number of aromatic amines is 1. The van der Waals surface area contributed by atoms with Crippen molar-refractivity contribution < 1.29 is 23.0 Å². The van der Waals surface area contributed by atoms with E-state index in [2.05, 4.69) is 10.2 Å². The number of carbonyl (C=O) groups is 1. The summed E-state index contributed by atoms with van der Waals surface area (Å²) in [5.41, 5.74) is 1.04. The topological polar surface area (TPSA) is 67.4 Å². The van der Waals surface area contributed by atoms with E-state index in [-0.39, 0.29) is 18.5 Å². The first-order valence-electron chi connectivity index (χ1n) is 11.6. The third-order valence-corrected chi connectivity index (χ3v) is 6.64. The second kappa shape index (κ2) is 10.1. The first-order chi connectivity index (χ1) is 16.6. The maximum atomic E-state index is 14.2. The molecule has 0 spiro atoms. The van der Waals surface area contributed by atoms with E-state index >= 15 is 0 Å². The van der Waals surface area contributed by atoms with Gasteiger partial charge in [-0.1, -0.05) is 23.7 Å². The summed E-state index contributed by atoms with van der Waals surface area (Å²) in [6.45, 7) is 5.81. The SMILES string of the molecule is CC(C)(C)OC(=O)N1CCC(CO[C@H](CF)c2cc(Cl)cc3cn[nH]c23)(c2ccc(F)cc2)CC1. The second-order valence-electron chi connectivity index (χ2n) is 10.0. The van der Waals surface area contributed by atoms with E-state index in [4.69, 9.17) is 21.1 Å². The Balaban J connectivity index is 1.56. The number of ether oxygens (including phenoxy) is 2. The summed E-state index contributed by atoms with van der Waals surface area (Å²) in [6, 6.07) is 9.73. The molecule has 1 N–H and O–H groups in total. The van der Waals surface area contributed by atoms with Gasteiger partial charge in [0, 0.05) is 34.5 Å². The van der Waals surface area contributed by atoms with E-state index in [9.17, 15) is 13.6 Å². The van der Waals surface area contributed by atoms with Crippen molar-refractivity contribution in [3.8, 4) is 0 Å². The van der Waals surface area contributed by atoms with Crippen LogP contribution < -0.4 is 0 Å². The van der Waals surface area contributed by atoms with Crippen molar-refractivity contribution in [3.63, 3.8) is 0 Å². The van der Waals surface area contributed by atoms with E-state index in [0.717, 1.165) is 10.9 Å². The molecule has 1 aromatic heterocycles. The van der Waals surface area contributed by atoms with Crippen molar-refractivity contribution in [1.29, 1.82) is 0 Å². The Kier molecular flexibility index (Phi) is 7.33. The lowest BCUT2D eigenvalue weighted by Gasteiger charge is -2.42. The summed E-state index contributed by atoms with van der Waals surface area (Å²) in [5, 5.41) is 8.18. The van der Waals surface area contributed by atoms with Crippen LogP contribution in [0.5, 0.6) is 0 Å². The lowest BCUT2D eigenvalue weighted by molar-refractivity contribution is -0.0210. The molecule has 0 bridgehead atoms. The van der Waals surface area contributed by atoms with Gasteiger partial charge in [0.1, 0.15) is 24.2 Å². The maximum absolute atomic E-state index is 14.2. The fourth-order valence-electron chi connectivity index (χ4n) is 4.54. The van der Waals surface area contributed by atoms with Gasteiger partial charge >= 0.3 is 6.09 Å². The Bertz CT molecular complexity index is 1170. The van der Waals surface area contributed by atoms with Crippen LogP contribution in [0, 0.1) is 5.82 Å². The molecule has 2 aromatic carbocycles. The van der Waals surface area contributed by atoms with Crippen molar-refractivity contribution in [2.24, 2.45) is 0 Å². The van der Waals surface area contributed by atoms with Crippen LogP contribution in [0.25, 0.3) is 10.9 Å². The van der Waals surface area contributed by atoms with Crippen molar-refractivity contribution in [1.82, 2.24) is 15.1 Å². The van der Waals surface area contributed by atoms with E-state index in [1.54, 1.807) is 35.4 Å². The molecule has 1 atom stereocenters. The van der Waals surface area contributed by atoms with Crippen LogP contribution in [-0.2, 0) is 14.9 Å². The zero-order valence-corrected chi connectivity index (χ0v) is 20.9. The first kappa shape index (κ1) is 25.4. The van der Waals surface area contributed by atoms with Crippen LogP contribution in [0.1, 0.15) is 50.8 Å². The number of benzene rings is 2. The molecule has 4 rings (SSSR count). The third kappa shape index (κ3) is 5.76. The minimum atomic E-state index is -0.863. The number of nitrogens with one attached hydrogen (secondary N) is 1. The van der Waals surface area contributed by atoms with Crippen LogP contribution in [0.4, 0.5) is 13.6 Å². The molecule has 9 heteroatoms. The van der Waals surface area contributed by atoms with Crippen molar-refractivity contribution in [3.05, 3.63) is 64.6 Å². The average molecular weight is 506 g/mol. The molecule has 1 aliphatic rings. The summed E-state index contributed by atoms with van der Waals surface area (Å²) in [6.07, 6.45) is 1.52. The standard InChI is InChI=1S/C26H30ClF2N3O3/c1-25(2,3)35-24(33)32-10-8-26(9-11-32,18-4-6-20(29)7-5-18)16-34-22(14-28)21-13-19(27)12-17-15-30-31-23(17)21/h4-7,12-13,15,22H,8-11,14,16H2,1-3H3,(H,30,31)/t22-/m1/s1. The Labute approximate surface area is 208 Å². The van der Waals surface area contributed by atoms with Crippen LogP contribution in [0.2, 0.25) is 5.02 Å². The zero-order valence-electron chi connectivity index (χ0n) is 20.1. The smallest absolute Gasteiger partial charge is 0.410 e. The number of alkyl halides is 1. The second-order valence-corrected chi connectivity index (χ2v) is 10.5. The van der Waals surface area contributed by atoms with Gasteiger partial charge in [0.2, 0.25) is 0 Å². The van der Waals surface area contributed by atoms with Gasteiger partial charge in [0.05, 0.1) is 18.3 Å².